The Morgan fingerprint density at radius 3 is 2.29 bits per heavy atom. The third-order valence-electron chi connectivity index (χ3n) is 9.06. The number of carbonyl (C=O) groups is 3. The van der Waals surface area contributed by atoms with E-state index in [-0.39, 0.29) is 35.6 Å². The SMILES string of the molecule is C=CCN(Cc1ccccc1)C(=O)[C@@H]1[C@H]2C(=O)N([C@H](CO)c3ccccc3)C(C(=O)N(CC=C)C(C)C)C23CC[C@H]1S3. The zero-order chi connectivity index (χ0) is 30.0. The number of thioether (sulfide) groups is 1. The number of rotatable bonds is 12. The first-order valence-electron chi connectivity index (χ1n) is 14.8. The van der Waals surface area contributed by atoms with Crippen molar-refractivity contribution in [1.29, 1.82) is 0 Å². The van der Waals surface area contributed by atoms with E-state index >= 15 is 0 Å². The van der Waals surface area contributed by atoms with Crippen molar-refractivity contribution in [3.63, 3.8) is 0 Å². The molecule has 0 aromatic heterocycles. The second-order valence-corrected chi connectivity index (χ2v) is 13.4. The third-order valence-corrected chi connectivity index (χ3v) is 11.0. The van der Waals surface area contributed by atoms with Crippen LogP contribution in [0.15, 0.2) is 86.0 Å². The number of fused-ring (bicyclic) bond motifs is 1. The number of hydrogen-bond acceptors (Lipinski definition) is 5. The zero-order valence-electron chi connectivity index (χ0n) is 24.5. The average Bonchev–Trinajstić information content (AvgIpc) is 3.64. The summed E-state index contributed by atoms with van der Waals surface area (Å²) in [6.07, 6.45) is 4.85. The van der Waals surface area contributed by atoms with Gasteiger partial charge in [0.2, 0.25) is 17.7 Å². The molecule has 42 heavy (non-hydrogen) atoms. The van der Waals surface area contributed by atoms with Crippen LogP contribution in [0.5, 0.6) is 0 Å². The van der Waals surface area contributed by atoms with E-state index in [9.17, 15) is 19.5 Å². The molecule has 2 unspecified atom stereocenters. The lowest BCUT2D eigenvalue weighted by Gasteiger charge is -2.40. The van der Waals surface area contributed by atoms with Gasteiger partial charge in [-0.2, -0.15) is 0 Å². The van der Waals surface area contributed by atoms with Gasteiger partial charge in [0, 0.05) is 30.9 Å². The van der Waals surface area contributed by atoms with Gasteiger partial charge in [-0.1, -0.05) is 72.8 Å². The largest absolute Gasteiger partial charge is 0.394 e. The molecule has 222 valence electrons. The smallest absolute Gasteiger partial charge is 0.247 e. The highest BCUT2D eigenvalue weighted by Gasteiger charge is 2.74. The number of nitrogens with zero attached hydrogens (tertiary/aromatic N) is 3. The lowest BCUT2D eigenvalue weighted by molar-refractivity contribution is -0.147. The number of carbonyl (C=O) groups excluding carboxylic acids is 3. The lowest BCUT2D eigenvalue weighted by Crippen LogP contribution is -2.57. The number of aliphatic hydroxyl groups is 1. The summed E-state index contributed by atoms with van der Waals surface area (Å²) in [5, 5.41) is 10.7. The second kappa shape index (κ2) is 12.5. The summed E-state index contributed by atoms with van der Waals surface area (Å²) in [7, 11) is 0. The predicted octanol–water partition coefficient (Wildman–Crippen LogP) is 4.45. The van der Waals surface area contributed by atoms with Crippen LogP contribution in [0.1, 0.15) is 43.9 Å². The normalized spacial score (nSPS) is 26.7. The van der Waals surface area contributed by atoms with Crippen molar-refractivity contribution in [2.24, 2.45) is 11.8 Å². The van der Waals surface area contributed by atoms with Gasteiger partial charge in [-0.15, -0.1) is 24.9 Å². The summed E-state index contributed by atoms with van der Waals surface area (Å²) in [5.74, 6) is -1.65. The first kappa shape index (κ1) is 30.1. The minimum absolute atomic E-state index is 0.0526. The molecule has 1 spiro atoms. The van der Waals surface area contributed by atoms with Gasteiger partial charge in [-0.25, -0.2) is 0 Å². The highest BCUT2D eigenvalue weighted by molar-refractivity contribution is 8.02. The highest BCUT2D eigenvalue weighted by Crippen LogP contribution is 2.67. The van der Waals surface area contributed by atoms with E-state index in [0.29, 0.717) is 26.1 Å². The van der Waals surface area contributed by atoms with Crippen molar-refractivity contribution >= 4 is 29.5 Å². The van der Waals surface area contributed by atoms with Crippen LogP contribution >= 0.6 is 11.8 Å². The van der Waals surface area contributed by atoms with Crippen LogP contribution in [0.25, 0.3) is 0 Å². The molecule has 6 atom stereocenters. The average molecular weight is 588 g/mol. The highest BCUT2D eigenvalue weighted by atomic mass is 32.2. The minimum atomic E-state index is -0.801. The van der Waals surface area contributed by atoms with Crippen LogP contribution < -0.4 is 0 Å². The molecule has 0 saturated carbocycles. The molecule has 1 N–H and O–H groups in total. The molecule has 0 radical (unpaired) electrons. The maximum absolute atomic E-state index is 14.7. The molecular formula is C34H41N3O4S. The molecule has 8 heteroatoms. The van der Waals surface area contributed by atoms with Crippen LogP contribution in [0.4, 0.5) is 0 Å². The molecule has 3 aliphatic rings. The summed E-state index contributed by atoms with van der Waals surface area (Å²) >= 11 is 1.65. The Kier molecular flexibility index (Phi) is 8.94. The van der Waals surface area contributed by atoms with E-state index in [4.69, 9.17) is 0 Å². The van der Waals surface area contributed by atoms with Gasteiger partial charge in [-0.05, 0) is 37.8 Å². The van der Waals surface area contributed by atoms with Crippen molar-refractivity contribution in [3.05, 3.63) is 97.1 Å². The van der Waals surface area contributed by atoms with Gasteiger partial charge in [0.25, 0.3) is 0 Å². The van der Waals surface area contributed by atoms with Gasteiger partial charge in [0.15, 0.2) is 0 Å². The van der Waals surface area contributed by atoms with E-state index in [1.807, 2.05) is 74.5 Å². The molecule has 7 nitrogen and oxygen atoms in total. The number of benzene rings is 2. The van der Waals surface area contributed by atoms with Crippen molar-refractivity contribution < 1.29 is 19.5 Å². The topological polar surface area (TPSA) is 81.2 Å². The van der Waals surface area contributed by atoms with Gasteiger partial charge in [-0.3, -0.25) is 14.4 Å². The molecule has 2 aromatic carbocycles. The van der Waals surface area contributed by atoms with Gasteiger partial charge >= 0.3 is 0 Å². The molecule has 0 aliphatic carbocycles. The Balaban J connectivity index is 1.58. The van der Waals surface area contributed by atoms with Crippen LogP contribution in [-0.2, 0) is 20.9 Å². The fraction of sp³-hybridized carbons (Fsp3) is 0.441. The first-order valence-corrected chi connectivity index (χ1v) is 15.7. The quantitative estimate of drug-likeness (QED) is 0.371. The number of hydrogen-bond donors (Lipinski definition) is 1. The number of likely N-dealkylation sites (tertiary alicyclic amines) is 1. The fourth-order valence-electron chi connectivity index (χ4n) is 7.27. The summed E-state index contributed by atoms with van der Waals surface area (Å²) in [5.41, 5.74) is 1.77. The number of amides is 3. The predicted molar refractivity (Wildman–Crippen MR) is 166 cm³/mol. The van der Waals surface area contributed by atoms with E-state index in [1.165, 1.54) is 0 Å². The maximum Gasteiger partial charge on any atom is 0.247 e. The Labute approximate surface area is 253 Å². The van der Waals surface area contributed by atoms with E-state index in [2.05, 4.69) is 13.2 Å². The molecule has 3 aliphatic heterocycles. The molecule has 3 heterocycles. The summed E-state index contributed by atoms with van der Waals surface area (Å²) < 4.78 is -0.748. The summed E-state index contributed by atoms with van der Waals surface area (Å²) in [6.45, 7) is 12.5. The van der Waals surface area contributed by atoms with E-state index < -0.39 is 28.7 Å². The Bertz CT molecular complexity index is 1320. The van der Waals surface area contributed by atoms with Gasteiger partial charge < -0.3 is 19.8 Å². The van der Waals surface area contributed by atoms with E-state index in [1.54, 1.807) is 38.6 Å². The van der Waals surface area contributed by atoms with Crippen molar-refractivity contribution in [2.45, 2.75) is 61.4 Å². The van der Waals surface area contributed by atoms with Crippen molar-refractivity contribution in [2.75, 3.05) is 19.7 Å². The number of aliphatic hydroxyl groups excluding tert-OH is 1. The molecule has 5 rings (SSSR count). The molecule has 3 fully saturated rings. The minimum Gasteiger partial charge on any atom is -0.394 e. The molecule has 3 saturated heterocycles. The monoisotopic (exact) mass is 587 g/mol. The second-order valence-electron chi connectivity index (χ2n) is 11.8. The Morgan fingerprint density at radius 2 is 1.69 bits per heavy atom. The van der Waals surface area contributed by atoms with Crippen molar-refractivity contribution in [3.8, 4) is 0 Å². The first-order chi connectivity index (χ1) is 20.3. The summed E-state index contributed by atoms with van der Waals surface area (Å²) in [6, 6.07) is 17.6. The lowest BCUT2D eigenvalue weighted by atomic mass is 9.70. The fourth-order valence-corrected chi connectivity index (χ4v) is 9.46. The standard InChI is InChI=1S/C34H41N3O4S/c1-5-19-35(21-24-13-9-7-10-14-24)31(39)28-27-17-18-34(42-27)29(28)32(40)37(26(22-38)25-15-11-8-12-16-25)30(34)33(41)36(20-6-2)23(3)4/h5-16,23,26-30,38H,1-2,17-22H2,3-4H3/t26-,27-,28+,29+,30?,34?/m1/s1. The zero-order valence-corrected chi connectivity index (χ0v) is 25.3. The van der Waals surface area contributed by atoms with Crippen LogP contribution in [0.3, 0.4) is 0 Å². The molecular weight excluding hydrogens is 546 g/mol. The molecule has 2 bridgehead atoms. The Morgan fingerprint density at radius 1 is 1.05 bits per heavy atom. The van der Waals surface area contributed by atoms with Crippen LogP contribution in [0.2, 0.25) is 0 Å². The van der Waals surface area contributed by atoms with Gasteiger partial charge in [0.05, 0.1) is 29.2 Å². The summed E-state index contributed by atoms with van der Waals surface area (Å²) in [4.78, 5) is 48.8. The Hall–Kier alpha value is -3.36. The third kappa shape index (κ3) is 5.09. The van der Waals surface area contributed by atoms with Gasteiger partial charge in [0.1, 0.15) is 6.04 Å². The van der Waals surface area contributed by atoms with Crippen molar-refractivity contribution in [1.82, 2.24) is 14.7 Å². The molecule has 3 amide bonds. The molecule has 2 aromatic rings. The maximum atomic E-state index is 14.7. The van der Waals surface area contributed by atoms with E-state index in [0.717, 1.165) is 17.5 Å². The van der Waals surface area contributed by atoms with Crippen LogP contribution in [-0.4, -0.2) is 79.3 Å². The van der Waals surface area contributed by atoms with Crippen LogP contribution in [0, 0.1) is 11.8 Å².